The Morgan fingerprint density at radius 2 is 1.50 bits per heavy atom. The van der Waals surface area contributed by atoms with Crippen molar-refractivity contribution >= 4 is 48.6 Å². The number of pyridine rings is 1. The number of halogens is 1. The molecular weight excluding hydrogens is 436 g/mol. The first-order valence-corrected chi connectivity index (χ1v) is 10.5. The molecule has 5 heteroatoms. The highest BCUT2D eigenvalue weighted by Gasteiger charge is 2.18. The lowest BCUT2D eigenvalue weighted by Gasteiger charge is -2.11. The van der Waals surface area contributed by atoms with Gasteiger partial charge in [-0.1, -0.05) is 70.5 Å². The summed E-state index contributed by atoms with van der Waals surface area (Å²) in [5, 5.41) is 3.31. The first-order valence-electron chi connectivity index (χ1n) is 9.66. The van der Waals surface area contributed by atoms with E-state index in [0.717, 1.165) is 48.4 Å². The summed E-state index contributed by atoms with van der Waals surface area (Å²) in [4.78, 5) is 14.3. The first-order chi connectivity index (χ1) is 14.8. The maximum atomic E-state index is 5.05. The molecule has 6 rings (SSSR count). The monoisotopic (exact) mass is 450 g/mol. The van der Waals surface area contributed by atoms with Crippen LogP contribution in [-0.2, 0) is 0 Å². The molecule has 0 unspecified atom stereocenters. The molecule has 3 heterocycles. The number of benzene rings is 3. The van der Waals surface area contributed by atoms with E-state index in [0.29, 0.717) is 5.95 Å². The molecular formula is C25H15BrN4. The molecule has 30 heavy (non-hydrogen) atoms. The van der Waals surface area contributed by atoms with Gasteiger partial charge in [0.15, 0.2) is 0 Å². The number of nitrogens with zero attached hydrogens (tertiary/aromatic N) is 4. The molecule has 4 nitrogen and oxygen atoms in total. The first kappa shape index (κ1) is 17.3. The molecule has 0 radical (unpaired) electrons. The zero-order valence-corrected chi connectivity index (χ0v) is 17.4. The molecule has 0 aliphatic rings. The van der Waals surface area contributed by atoms with Crippen molar-refractivity contribution in [3.63, 3.8) is 0 Å². The van der Waals surface area contributed by atoms with Gasteiger partial charge in [0.2, 0.25) is 5.95 Å². The fourth-order valence-electron chi connectivity index (χ4n) is 4.08. The Balaban J connectivity index is 1.77. The van der Waals surface area contributed by atoms with Gasteiger partial charge >= 0.3 is 0 Å². The summed E-state index contributed by atoms with van der Waals surface area (Å²) in [6.07, 6.45) is 3.59. The average molecular weight is 451 g/mol. The molecule has 0 N–H and O–H groups in total. The van der Waals surface area contributed by atoms with Gasteiger partial charge in [-0.3, -0.25) is 9.55 Å². The van der Waals surface area contributed by atoms with E-state index in [2.05, 4.69) is 67.9 Å². The van der Waals surface area contributed by atoms with Crippen LogP contribution in [0, 0.1) is 0 Å². The zero-order valence-electron chi connectivity index (χ0n) is 15.8. The van der Waals surface area contributed by atoms with Crippen molar-refractivity contribution in [3.05, 3.63) is 95.7 Å². The van der Waals surface area contributed by atoms with E-state index in [4.69, 9.17) is 9.97 Å². The standard InChI is InChI=1S/C25H15BrN4/c26-19-10-6-12-22-23(19)18-9-4-5-11-21(18)30(22)25-28-20-15-27-14-13-17(20)24(29-25)16-7-2-1-3-8-16/h1-15H. The molecule has 3 aromatic heterocycles. The molecule has 0 aliphatic heterocycles. The molecule has 3 aromatic carbocycles. The second-order valence-electron chi connectivity index (χ2n) is 7.12. The largest absolute Gasteiger partial charge is 0.278 e. The lowest BCUT2D eigenvalue weighted by Crippen LogP contribution is -2.03. The number of hydrogen-bond donors (Lipinski definition) is 0. The Hall–Kier alpha value is -3.57. The summed E-state index contributed by atoms with van der Waals surface area (Å²) < 4.78 is 3.19. The van der Waals surface area contributed by atoms with E-state index in [1.54, 1.807) is 12.4 Å². The molecule has 0 spiro atoms. The van der Waals surface area contributed by atoms with E-state index < -0.39 is 0 Å². The summed E-state index contributed by atoms with van der Waals surface area (Å²) in [7, 11) is 0. The molecule has 142 valence electrons. The number of aromatic nitrogens is 4. The second-order valence-corrected chi connectivity index (χ2v) is 7.97. The van der Waals surface area contributed by atoms with Gasteiger partial charge in [-0.15, -0.1) is 0 Å². The van der Waals surface area contributed by atoms with Crippen LogP contribution in [-0.4, -0.2) is 19.5 Å². The predicted molar refractivity (Wildman–Crippen MR) is 125 cm³/mol. The quantitative estimate of drug-likeness (QED) is 0.300. The van der Waals surface area contributed by atoms with Gasteiger partial charge in [0.25, 0.3) is 0 Å². The topological polar surface area (TPSA) is 43.6 Å². The minimum atomic E-state index is 0.638. The smallest absolute Gasteiger partial charge is 0.235 e. The van der Waals surface area contributed by atoms with E-state index >= 15 is 0 Å². The van der Waals surface area contributed by atoms with Crippen molar-refractivity contribution in [2.75, 3.05) is 0 Å². The summed E-state index contributed by atoms with van der Waals surface area (Å²) >= 11 is 3.73. The van der Waals surface area contributed by atoms with E-state index in [-0.39, 0.29) is 0 Å². The normalized spacial score (nSPS) is 11.5. The SMILES string of the molecule is Brc1cccc2c1c1ccccc1n2-c1nc(-c2ccccc2)c2ccncc2n1. The highest BCUT2D eigenvalue weighted by Crippen LogP contribution is 2.36. The lowest BCUT2D eigenvalue weighted by molar-refractivity contribution is 1.01. The summed E-state index contributed by atoms with van der Waals surface area (Å²) in [6, 6.07) is 26.8. The minimum absolute atomic E-state index is 0.638. The summed E-state index contributed by atoms with van der Waals surface area (Å²) in [5.74, 6) is 0.638. The van der Waals surface area contributed by atoms with Crippen LogP contribution < -0.4 is 0 Å². The third-order valence-corrected chi connectivity index (χ3v) is 6.04. The van der Waals surface area contributed by atoms with Crippen LogP contribution in [0.15, 0.2) is 95.7 Å². The van der Waals surface area contributed by atoms with Crippen molar-refractivity contribution in [2.45, 2.75) is 0 Å². The van der Waals surface area contributed by atoms with Gasteiger partial charge in [-0.25, -0.2) is 9.97 Å². The van der Waals surface area contributed by atoms with E-state index in [1.807, 2.05) is 36.4 Å². The fraction of sp³-hybridized carbons (Fsp3) is 0. The molecule has 0 saturated heterocycles. The van der Waals surface area contributed by atoms with Crippen molar-refractivity contribution < 1.29 is 0 Å². The highest BCUT2D eigenvalue weighted by atomic mass is 79.9. The van der Waals surface area contributed by atoms with Gasteiger partial charge in [-0.05, 0) is 24.3 Å². The number of hydrogen-bond acceptors (Lipinski definition) is 3. The molecule has 0 fully saturated rings. The van der Waals surface area contributed by atoms with Gasteiger partial charge < -0.3 is 0 Å². The molecule has 0 aliphatic carbocycles. The second kappa shape index (κ2) is 6.75. The van der Waals surface area contributed by atoms with Gasteiger partial charge in [0.1, 0.15) is 0 Å². The van der Waals surface area contributed by atoms with Crippen molar-refractivity contribution in [1.29, 1.82) is 0 Å². The van der Waals surface area contributed by atoms with Crippen LogP contribution in [0.2, 0.25) is 0 Å². The molecule has 0 amide bonds. The van der Waals surface area contributed by atoms with E-state index in [1.165, 1.54) is 0 Å². The average Bonchev–Trinajstić information content (AvgIpc) is 3.14. The van der Waals surface area contributed by atoms with Crippen molar-refractivity contribution in [3.8, 4) is 17.2 Å². The zero-order chi connectivity index (χ0) is 20.1. The number of rotatable bonds is 2. The Morgan fingerprint density at radius 3 is 2.40 bits per heavy atom. The summed E-state index contributed by atoms with van der Waals surface area (Å²) in [5.41, 5.74) is 4.91. The third kappa shape index (κ3) is 2.56. The van der Waals surface area contributed by atoms with Crippen molar-refractivity contribution in [2.24, 2.45) is 0 Å². The Bertz CT molecular complexity index is 1550. The van der Waals surface area contributed by atoms with Gasteiger partial charge in [-0.2, -0.15) is 0 Å². The Labute approximate surface area is 181 Å². The van der Waals surface area contributed by atoms with Gasteiger partial charge in [0.05, 0.1) is 28.4 Å². The van der Waals surface area contributed by atoms with Crippen molar-refractivity contribution in [1.82, 2.24) is 19.5 Å². The predicted octanol–water partition coefficient (Wildman–Crippen LogP) is 6.55. The maximum Gasteiger partial charge on any atom is 0.235 e. The fourth-order valence-corrected chi connectivity index (χ4v) is 4.64. The maximum absolute atomic E-state index is 5.05. The molecule has 0 atom stereocenters. The highest BCUT2D eigenvalue weighted by molar-refractivity contribution is 9.10. The molecule has 0 saturated carbocycles. The lowest BCUT2D eigenvalue weighted by atomic mass is 10.1. The van der Waals surface area contributed by atoms with Crippen LogP contribution in [0.25, 0.3) is 49.9 Å². The van der Waals surface area contributed by atoms with Crippen LogP contribution in [0.3, 0.4) is 0 Å². The molecule has 6 aromatic rings. The Morgan fingerprint density at radius 1 is 0.700 bits per heavy atom. The molecule has 0 bridgehead atoms. The van der Waals surface area contributed by atoms with Crippen LogP contribution in [0.1, 0.15) is 0 Å². The minimum Gasteiger partial charge on any atom is -0.278 e. The summed E-state index contributed by atoms with van der Waals surface area (Å²) in [6.45, 7) is 0. The Kier molecular flexibility index (Phi) is 3.89. The van der Waals surface area contributed by atoms with Crippen LogP contribution in [0.5, 0.6) is 0 Å². The number of para-hydroxylation sites is 1. The number of fused-ring (bicyclic) bond motifs is 4. The van der Waals surface area contributed by atoms with E-state index in [9.17, 15) is 0 Å². The van der Waals surface area contributed by atoms with Gasteiger partial charge in [0, 0.05) is 32.4 Å². The van der Waals surface area contributed by atoms with Crippen LogP contribution in [0.4, 0.5) is 0 Å². The van der Waals surface area contributed by atoms with Crippen LogP contribution >= 0.6 is 15.9 Å². The third-order valence-electron chi connectivity index (χ3n) is 5.38.